The van der Waals surface area contributed by atoms with Crippen LogP contribution in [0.4, 0.5) is 5.69 Å². The zero-order valence-corrected chi connectivity index (χ0v) is 11.1. The second kappa shape index (κ2) is 6.69. The summed E-state index contributed by atoms with van der Waals surface area (Å²) >= 11 is 0. The first-order chi connectivity index (χ1) is 9.29. The summed E-state index contributed by atoms with van der Waals surface area (Å²) in [7, 11) is 0. The maximum Gasteiger partial charge on any atom is 0.142 e. The molecule has 0 saturated heterocycles. The van der Waals surface area contributed by atoms with Gasteiger partial charge in [0.1, 0.15) is 24.7 Å². The maximum absolute atomic E-state index is 5.92. The van der Waals surface area contributed by atoms with E-state index in [1.165, 1.54) is 5.56 Å². The van der Waals surface area contributed by atoms with Crippen molar-refractivity contribution in [3.05, 3.63) is 54.1 Å². The molecule has 0 aromatic heterocycles. The molecule has 0 aliphatic heterocycles. The molecule has 0 heterocycles. The molecular formula is C16H19NO2. The van der Waals surface area contributed by atoms with Crippen LogP contribution in [0.15, 0.2) is 48.5 Å². The van der Waals surface area contributed by atoms with Crippen molar-refractivity contribution in [2.45, 2.75) is 13.3 Å². The lowest BCUT2D eigenvalue weighted by atomic mass is 10.1. The highest BCUT2D eigenvalue weighted by Gasteiger charge is 2.01. The molecule has 0 unspecified atom stereocenters. The lowest BCUT2D eigenvalue weighted by Gasteiger charge is -2.11. The number of anilines is 1. The van der Waals surface area contributed by atoms with Crippen molar-refractivity contribution in [2.75, 3.05) is 18.9 Å². The van der Waals surface area contributed by atoms with Gasteiger partial charge >= 0.3 is 0 Å². The monoisotopic (exact) mass is 257 g/mol. The van der Waals surface area contributed by atoms with E-state index in [0.29, 0.717) is 24.7 Å². The minimum absolute atomic E-state index is 0.477. The standard InChI is InChI=1S/C16H19NO2/c1-2-13-8-9-16(15(17)12-13)19-11-10-18-14-6-4-3-5-7-14/h3-9,12H,2,10-11,17H2,1H3. The summed E-state index contributed by atoms with van der Waals surface area (Å²) in [4.78, 5) is 0. The van der Waals surface area contributed by atoms with Crippen molar-refractivity contribution in [2.24, 2.45) is 0 Å². The van der Waals surface area contributed by atoms with Crippen LogP contribution in [0.5, 0.6) is 11.5 Å². The number of rotatable bonds is 6. The smallest absolute Gasteiger partial charge is 0.142 e. The quantitative estimate of drug-likeness (QED) is 0.638. The van der Waals surface area contributed by atoms with Crippen molar-refractivity contribution < 1.29 is 9.47 Å². The second-order valence-corrected chi connectivity index (χ2v) is 4.24. The Morgan fingerprint density at radius 3 is 2.37 bits per heavy atom. The third-order valence-corrected chi connectivity index (χ3v) is 2.84. The van der Waals surface area contributed by atoms with Crippen LogP contribution in [0.2, 0.25) is 0 Å². The molecule has 0 fully saturated rings. The molecule has 2 N–H and O–H groups in total. The highest BCUT2D eigenvalue weighted by atomic mass is 16.5. The van der Waals surface area contributed by atoms with E-state index >= 15 is 0 Å². The Bertz CT molecular complexity index is 511. The number of hydrogen-bond donors (Lipinski definition) is 1. The van der Waals surface area contributed by atoms with Crippen LogP contribution in [0.25, 0.3) is 0 Å². The molecule has 0 saturated carbocycles. The zero-order valence-electron chi connectivity index (χ0n) is 11.1. The van der Waals surface area contributed by atoms with Gasteiger partial charge in [-0.1, -0.05) is 31.2 Å². The van der Waals surface area contributed by atoms with Gasteiger partial charge in [0.05, 0.1) is 5.69 Å². The summed E-state index contributed by atoms with van der Waals surface area (Å²) < 4.78 is 11.2. The van der Waals surface area contributed by atoms with E-state index in [2.05, 4.69) is 6.92 Å². The van der Waals surface area contributed by atoms with Crippen LogP contribution in [-0.2, 0) is 6.42 Å². The van der Waals surface area contributed by atoms with Crippen LogP contribution in [-0.4, -0.2) is 13.2 Å². The van der Waals surface area contributed by atoms with Gasteiger partial charge in [0, 0.05) is 0 Å². The van der Waals surface area contributed by atoms with E-state index < -0.39 is 0 Å². The average molecular weight is 257 g/mol. The Kier molecular flexibility index (Phi) is 4.67. The maximum atomic E-state index is 5.92. The molecule has 0 bridgehead atoms. The Balaban J connectivity index is 1.80. The lowest BCUT2D eigenvalue weighted by molar-refractivity contribution is 0.218. The average Bonchev–Trinajstić information content (AvgIpc) is 2.46. The summed E-state index contributed by atoms with van der Waals surface area (Å²) in [6.07, 6.45) is 0.974. The SMILES string of the molecule is CCc1ccc(OCCOc2ccccc2)c(N)c1. The van der Waals surface area contributed by atoms with E-state index in [9.17, 15) is 0 Å². The van der Waals surface area contributed by atoms with Crippen molar-refractivity contribution >= 4 is 5.69 Å². The summed E-state index contributed by atoms with van der Waals surface area (Å²) in [5, 5.41) is 0. The Labute approximate surface area is 114 Å². The molecule has 0 spiro atoms. The van der Waals surface area contributed by atoms with E-state index in [4.69, 9.17) is 15.2 Å². The molecule has 2 aromatic carbocycles. The minimum Gasteiger partial charge on any atom is -0.490 e. The Morgan fingerprint density at radius 1 is 0.947 bits per heavy atom. The summed E-state index contributed by atoms with van der Waals surface area (Å²) in [6, 6.07) is 15.6. The lowest BCUT2D eigenvalue weighted by Crippen LogP contribution is -2.10. The van der Waals surface area contributed by atoms with Crippen LogP contribution in [0.3, 0.4) is 0 Å². The van der Waals surface area contributed by atoms with E-state index in [0.717, 1.165) is 12.2 Å². The number of ether oxygens (including phenoxy) is 2. The second-order valence-electron chi connectivity index (χ2n) is 4.24. The molecule has 3 nitrogen and oxygen atoms in total. The normalized spacial score (nSPS) is 10.2. The van der Waals surface area contributed by atoms with Crippen LogP contribution < -0.4 is 15.2 Å². The molecule has 100 valence electrons. The van der Waals surface area contributed by atoms with Crippen LogP contribution in [0, 0.1) is 0 Å². The minimum atomic E-state index is 0.477. The van der Waals surface area contributed by atoms with E-state index in [1.807, 2.05) is 48.5 Å². The van der Waals surface area contributed by atoms with Crippen molar-refractivity contribution in [3.8, 4) is 11.5 Å². The molecule has 2 aromatic rings. The fraction of sp³-hybridized carbons (Fsp3) is 0.250. The van der Waals surface area contributed by atoms with Crippen LogP contribution >= 0.6 is 0 Å². The summed E-state index contributed by atoms with van der Waals surface area (Å²) in [5.74, 6) is 1.56. The number of aryl methyl sites for hydroxylation is 1. The zero-order chi connectivity index (χ0) is 13.5. The fourth-order valence-electron chi connectivity index (χ4n) is 1.78. The topological polar surface area (TPSA) is 44.5 Å². The van der Waals surface area contributed by atoms with Gasteiger partial charge in [-0.2, -0.15) is 0 Å². The summed E-state index contributed by atoms with van der Waals surface area (Å²) in [5.41, 5.74) is 7.82. The number of hydrogen-bond acceptors (Lipinski definition) is 3. The number of nitrogen functional groups attached to an aromatic ring is 1. The highest BCUT2D eigenvalue weighted by Crippen LogP contribution is 2.22. The first-order valence-electron chi connectivity index (χ1n) is 6.48. The van der Waals surface area contributed by atoms with Gasteiger partial charge < -0.3 is 15.2 Å². The van der Waals surface area contributed by atoms with Crippen molar-refractivity contribution in [1.29, 1.82) is 0 Å². The number of para-hydroxylation sites is 1. The molecule has 0 atom stereocenters. The number of nitrogens with two attached hydrogens (primary N) is 1. The van der Waals surface area contributed by atoms with Gasteiger partial charge in [0.15, 0.2) is 0 Å². The molecular weight excluding hydrogens is 238 g/mol. The molecule has 2 rings (SSSR count). The molecule has 0 amide bonds. The molecule has 19 heavy (non-hydrogen) atoms. The van der Waals surface area contributed by atoms with E-state index in [-0.39, 0.29) is 0 Å². The molecule has 3 heteroatoms. The van der Waals surface area contributed by atoms with Crippen molar-refractivity contribution in [3.63, 3.8) is 0 Å². The van der Waals surface area contributed by atoms with Gasteiger partial charge in [-0.3, -0.25) is 0 Å². The first-order valence-corrected chi connectivity index (χ1v) is 6.48. The molecule has 0 aliphatic carbocycles. The fourth-order valence-corrected chi connectivity index (χ4v) is 1.78. The van der Waals surface area contributed by atoms with Gasteiger partial charge in [0.2, 0.25) is 0 Å². The first kappa shape index (κ1) is 13.3. The largest absolute Gasteiger partial charge is 0.490 e. The van der Waals surface area contributed by atoms with Gasteiger partial charge in [-0.05, 0) is 36.2 Å². The van der Waals surface area contributed by atoms with Crippen molar-refractivity contribution in [1.82, 2.24) is 0 Å². The predicted molar refractivity (Wildman–Crippen MR) is 77.7 cm³/mol. The summed E-state index contributed by atoms with van der Waals surface area (Å²) in [6.45, 7) is 3.08. The van der Waals surface area contributed by atoms with Gasteiger partial charge in [0.25, 0.3) is 0 Å². The third kappa shape index (κ3) is 3.91. The molecule has 0 radical (unpaired) electrons. The third-order valence-electron chi connectivity index (χ3n) is 2.84. The van der Waals surface area contributed by atoms with Gasteiger partial charge in [-0.15, -0.1) is 0 Å². The van der Waals surface area contributed by atoms with Gasteiger partial charge in [-0.25, -0.2) is 0 Å². The number of benzene rings is 2. The van der Waals surface area contributed by atoms with Crippen LogP contribution in [0.1, 0.15) is 12.5 Å². The molecule has 0 aliphatic rings. The van der Waals surface area contributed by atoms with E-state index in [1.54, 1.807) is 0 Å². The predicted octanol–water partition coefficient (Wildman–Crippen LogP) is 3.29. The highest BCUT2D eigenvalue weighted by molar-refractivity contribution is 5.54. The Hall–Kier alpha value is -2.16. The Morgan fingerprint density at radius 2 is 1.68 bits per heavy atom.